The predicted octanol–water partition coefficient (Wildman–Crippen LogP) is 4.46. The van der Waals surface area contributed by atoms with Crippen LogP contribution in [-0.4, -0.2) is 59.1 Å². The number of carbonyl (C=O) groups is 2. The molecule has 2 amide bonds. The number of aromatic nitrogens is 2. The molecule has 1 aliphatic heterocycles. The van der Waals surface area contributed by atoms with Crippen LogP contribution in [0.4, 0.5) is 20.3 Å². The first-order chi connectivity index (χ1) is 20.2. The monoisotopic (exact) mass is 575 g/mol. The van der Waals surface area contributed by atoms with Crippen molar-refractivity contribution in [3.8, 4) is 28.8 Å². The largest absolute Gasteiger partial charge is 0.485 e. The number of hydrogen-bond donors (Lipinski definition) is 2. The van der Waals surface area contributed by atoms with Gasteiger partial charge >= 0.3 is 0 Å². The Labute approximate surface area is 242 Å². The van der Waals surface area contributed by atoms with Gasteiger partial charge in [-0.1, -0.05) is 12.0 Å². The number of nitrogens with zero attached hydrogens (tertiary/aromatic N) is 3. The number of amides is 2. The van der Waals surface area contributed by atoms with E-state index in [0.29, 0.717) is 30.0 Å². The number of ether oxygens (including phenoxy) is 2. The van der Waals surface area contributed by atoms with Gasteiger partial charge in [-0.05, 0) is 80.3 Å². The summed E-state index contributed by atoms with van der Waals surface area (Å²) in [6.07, 6.45) is 3.57. The molecule has 2 aliphatic rings. The third-order valence-corrected chi connectivity index (χ3v) is 7.62. The van der Waals surface area contributed by atoms with Gasteiger partial charge < -0.3 is 25.4 Å². The van der Waals surface area contributed by atoms with Crippen LogP contribution in [0.25, 0.3) is 11.3 Å². The lowest BCUT2D eigenvalue weighted by molar-refractivity contribution is -0.126. The Morgan fingerprint density at radius 3 is 2.67 bits per heavy atom. The van der Waals surface area contributed by atoms with Gasteiger partial charge in [0, 0.05) is 24.9 Å². The molecule has 1 aliphatic carbocycles. The molecule has 0 radical (unpaired) electrons. The lowest BCUT2D eigenvalue weighted by atomic mass is 10.0. The van der Waals surface area contributed by atoms with E-state index >= 15 is 0 Å². The fourth-order valence-electron chi connectivity index (χ4n) is 5.16. The first kappa shape index (κ1) is 29.0. The maximum atomic E-state index is 14.9. The molecule has 2 heterocycles. The second-order valence-electron chi connectivity index (χ2n) is 10.4. The van der Waals surface area contributed by atoms with Crippen LogP contribution in [0.5, 0.6) is 5.75 Å². The molecule has 2 aromatic carbocycles. The smallest absolute Gasteiger partial charge is 0.298 e. The van der Waals surface area contributed by atoms with Gasteiger partial charge in [-0.25, -0.2) is 18.7 Å². The number of benzene rings is 2. The molecule has 0 unspecified atom stereocenters. The maximum absolute atomic E-state index is 14.9. The minimum absolute atomic E-state index is 0.0135. The Morgan fingerprint density at radius 1 is 1.19 bits per heavy atom. The van der Waals surface area contributed by atoms with E-state index in [2.05, 4.69) is 27.1 Å². The van der Waals surface area contributed by atoms with Crippen LogP contribution in [-0.2, 0) is 9.53 Å². The van der Waals surface area contributed by atoms with Gasteiger partial charge in [0.1, 0.15) is 30.3 Å². The van der Waals surface area contributed by atoms with Crippen molar-refractivity contribution in [3.63, 3.8) is 0 Å². The molecule has 2 fully saturated rings. The first-order valence-corrected chi connectivity index (χ1v) is 13.6. The van der Waals surface area contributed by atoms with Crippen molar-refractivity contribution in [1.29, 1.82) is 0 Å². The molecule has 1 saturated heterocycles. The van der Waals surface area contributed by atoms with Crippen molar-refractivity contribution in [2.45, 2.75) is 51.2 Å². The summed E-state index contributed by atoms with van der Waals surface area (Å²) in [6, 6.07) is 6.61. The summed E-state index contributed by atoms with van der Waals surface area (Å²) in [5, 5.41) is 2.63. The molecule has 11 heteroatoms. The molecule has 3 aromatic rings. The van der Waals surface area contributed by atoms with Crippen molar-refractivity contribution < 1.29 is 27.8 Å². The average molecular weight is 576 g/mol. The zero-order valence-corrected chi connectivity index (χ0v) is 23.5. The highest BCUT2D eigenvalue weighted by atomic mass is 19.1. The Bertz CT molecular complexity index is 1600. The molecule has 0 bridgehead atoms. The highest BCUT2D eigenvalue weighted by Gasteiger charge is 2.36. The van der Waals surface area contributed by atoms with Gasteiger partial charge in [0.25, 0.3) is 11.8 Å². The molecular weight excluding hydrogens is 544 g/mol. The van der Waals surface area contributed by atoms with Crippen LogP contribution in [0.3, 0.4) is 0 Å². The van der Waals surface area contributed by atoms with E-state index in [4.69, 9.17) is 15.2 Å². The van der Waals surface area contributed by atoms with Crippen molar-refractivity contribution in [3.05, 3.63) is 65.0 Å². The minimum Gasteiger partial charge on any atom is -0.485 e. The molecule has 5 rings (SSSR count). The zero-order valence-electron chi connectivity index (χ0n) is 23.5. The maximum Gasteiger partial charge on any atom is 0.298 e. The summed E-state index contributed by atoms with van der Waals surface area (Å²) in [6.45, 7) is 3.65. The van der Waals surface area contributed by atoms with Crippen LogP contribution >= 0.6 is 0 Å². The molecule has 0 spiro atoms. The van der Waals surface area contributed by atoms with Gasteiger partial charge in [0.15, 0.2) is 11.6 Å². The number of halogens is 2. The van der Waals surface area contributed by atoms with E-state index in [1.165, 1.54) is 24.5 Å². The van der Waals surface area contributed by atoms with Crippen LogP contribution in [0.15, 0.2) is 36.7 Å². The Balaban J connectivity index is 1.41. The number of anilines is 2. The summed E-state index contributed by atoms with van der Waals surface area (Å²) >= 11 is 0. The molecule has 1 aromatic heterocycles. The van der Waals surface area contributed by atoms with E-state index in [0.717, 1.165) is 24.5 Å². The standard InChI is InChI=1S/C31H31F2N5O4/c1-4-5-27(39)38-14-22(41-3)13-21(38)15-42-29-28(35-16-36-30(29)34)24-11-20(32)12-26(17(24)2)37-31(40)23-9-8-19(10-25(23)33)18-6-7-18/h8-12,16,18,21-22H,6-7,13-15H2,1-3H3,(H,37,40)(H2,34,35,36)/t21-,22+/m0/s1. The summed E-state index contributed by atoms with van der Waals surface area (Å²) < 4.78 is 41.2. The normalized spacial score (nSPS) is 17.9. The quantitative estimate of drug-likeness (QED) is 0.381. The summed E-state index contributed by atoms with van der Waals surface area (Å²) in [5.41, 5.74) is 7.98. The second-order valence-corrected chi connectivity index (χ2v) is 10.4. The first-order valence-electron chi connectivity index (χ1n) is 13.6. The van der Waals surface area contributed by atoms with Crippen molar-refractivity contribution >= 4 is 23.3 Å². The summed E-state index contributed by atoms with van der Waals surface area (Å²) in [4.78, 5) is 35.5. The molecule has 3 N–H and O–H groups in total. The predicted molar refractivity (Wildman–Crippen MR) is 153 cm³/mol. The van der Waals surface area contributed by atoms with E-state index in [9.17, 15) is 18.4 Å². The third-order valence-electron chi connectivity index (χ3n) is 7.62. The van der Waals surface area contributed by atoms with E-state index in [1.807, 2.05) is 0 Å². The van der Waals surface area contributed by atoms with Gasteiger partial charge in [-0.15, -0.1) is 0 Å². The van der Waals surface area contributed by atoms with Crippen LogP contribution in [0.2, 0.25) is 0 Å². The number of hydrogen-bond acceptors (Lipinski definition) is 7. The molecule has 2 atom stereocenters. The topological polar surface area (TPSA) is 120 Å². The molecule has 42 heavy (non-hydrogen) atoms. The van der Waals surface area contributed by atoms with Gasteiger partial charge in [0.05, 0.1) is 17.7 Å². The molecule has 1 saturated carbocycles. The third kappa shape index (κ3) is 6.04. The highest BCUT2D eigenvalue weighted by molar-refractivity contribution is 6.05. The summed E-state index contributed by atoms with van der Waals surface area (Å²) in [5.74, 6) is 3.27. The van der Waals surface area contributed by atoms with Crippen LogP contribution < -0.4 is 15.8 Å². The highest BCUT2D eigenvalue weighted by Crippen LogP contribution is 2.41. The van der Waals surface area contributed by atoms with Crippen molar-refractivity contribution in [2.75, 3.05) is 31.3 Å². The minimum atomic E-state index is -0.706. The molecule has 218 valence electrons. The molecule has 9 nitrogen and oxygen atoms in total. The van der Waals surface area contributed by atoms with E-state index in [1.54, 1.807) is 31.9 Å². The SMILES string of the molecule is CC#CC(=O)N1C[C@H](OC)C[C@H]1COc1c(N)ncnc1-c1cc(F)cc(NC(=O)c2ccc(C3CC3)cc2F)c1C. The lowest BCUT2D eigenvalue weighted by Crippen LogP contribution is -2.38. The van der Waals surface area contributed by atoms with Gasteiger partial charge in [-0.3, -0.25) is 9.59 Å². The number of likely N-dealkylation sites (tertiary alicyclic amines) is 1. The number of methoxy groups -OCH3 is 1. The lowest BCUT2D eigenvalue weighted by Gasteiger charge is -2.23. The Kier molecular flexibility index (Phi) is 8.36. The number of carbonyl (C=O) groups excluding carboxylic acids is 2. The fraction of sp³-hybridized carbons (Fsp3) is 0.355. The van der Waals surface area contributed by atoms with E-state index in [-0.39, 0.29) is 53.2 Å². The number of nitrogens with one attached hydrogen (secondary N) is 1. The van der Waals surface area contributed by atoms with Gasteiger partial charge in [-0.2, -0.15) is 0 Å². The van der Waals surface area contributed by atoms with Crippen molar-refractivity contribution in [2.24, 2.45) is 0 Å². The Hall–Kier alpha value is -4.56. The number of nitrogen functional groups attached to an aromatic ring is 1. The number of rotatable bonds is 8. The zero-order chi connectivity index (χ0) is 30.0. The Morgan fingerprint density at radius 2 is 1.98 bits per heavy atom. The van der Waals surface area contributed by atoms with Gasteiger partial charge in [0.2, 0.25) is 0 Å². The van der Waals surface area contributed by atoms with E-state index < -0.39 is 17.5 Å². The second kappa shape index (κ2) is 12.1. The molecular formula is C31H31F2N5O4. The summed E-state index contributed by atoms with van der Waals surface area (Å²) in [7, 11) is 1.57. The van der Waals surface area contributed by atoms with Crippen molar-refractivity contribution in [1.82, 2.24) is 14.9 Å². The number of nitrogens with two attached hydrogens (primary N) is 1. The van der Waals surface area contributed by atoms with Crippen LogP contribution in [0.1, 0.15) is 53.6 Å². The average Bonchev–Trinajstić information content (AvgIpc) is 3.73. The fourth-order valence-corrected chi connectivity index (χ4v) is 5.16. The van der Waals surface area contributed by atoms with Crippen LogP contribution in [0, 0.1) is 30.4 Å².